The Bertz CT molecular complexity index is 1220. The Morgan fingerprint density at radius 2 is 1.73 bits per heavy atom. The van der Waals surface area contributed by atoms with Crippen LogP contribution >= 0.6 is 11.6 Å². The fourth-order valence-corrected chi connectivity index (χ4v) is 4.96. The molecule has 1 aliphatic heterocycles. The number of rotatable bonds is 4. The van der Waals surface area contributed by atoms with E-state index in [4.69, 9.17) is 11.6 Å². The Balaban J connectivity index is 1.68. The summed E-state index contributed by atoms with van der Waals surface area (Å²) in [6.45, 7) is 2.46. The minimum absolute atomic E-state index is 0.187. The van der Waals surface area contributed by atoms with Gasteiger partial charge in [0.2, 0.25) is 0 Å². The van der Waals surface area contributed by atoms with Crippen molar-refractivity contribution in [3.8, 4) is 0 Å². The molecule has 3 aromatic rings. The van der Waals surface area contributed by atoms with Gasteiger partial charge in [0.1, 0.15) is 0 Å². The first-order valence-electron chi connectivity index (χ1n) is 9.54. The molecule has 0 spiro atoms. The van der Waals surface area contributed by atoms with Crippen molar-refractivity contribution < 1.29 is 13.2 Å². The van der Waals surface area contributed by atoms with Gasteiger partial charge in [0.15, 0.2) is 0 Å². The van der Waals surface area contributed by atoms with E-state index in [-0.39, 0.29) is 21.4 Å². The van der Waals surface area contributed by atoms with Crippen molar-refractivity contribution in [2.45, 2.75) is 18.2 Å². The number of para-hydroxylation sites is 1. The lowest BCUT2D eigenvalue weighted by molar-refractivity contribution is 0.0989. The van der Waals surface area contributed by atoms with Gasteiger partial charge in [-0.05, 0) is 55.3 Å². The van der Waals surface area contributed by atoms with Crippen molar-refractivity contribution in [1.82, 2.24) is 0 Å². The molecular formula is C23H21ClN2O3S. The van der Waals surface area contributed by atoms with Gasteiger partial charge >= 0.3 is 0 Å². The van der Waals surface area contributed by atoms with Crippen LogP contribution in [-0.4, -0.2) is 27.9 Å². The van der Waals surface area contributed by atoms with Crippen molar-refractivity contribution in [1.29, 1.82) is 0 Å². The summed E-state index contributed by atoms with van der Waals surface area (Å²) in [5.74, 6) is -0.243. The molecule has 30 heavy (non-hydrogen) atoms. The number of sulfonamides is 1. The van der Waals surface area contributed by atoms with Crippen molar-refractivity contribution in [2.75, 3.05) is 22.8 Å². The van der Waals surface area contributed by atoms with E-state index in [9.17, 15) is 13.2 Å². The Morgan fingerprint density at radius 3 is 2.47 bits per heavy atom. The highest BCUT2D eigenvalue weighted by Gasteiger charge is 2.28. The van der Waals surface area contributed by atoms with E-state index in [2.05, 4.69) is 0 Å². The summed E-state index contributed by atoms with van der Waals surface area (Å²) < 4.78 is 27.2. The number of hydrogen-bond donors (Lipinski definition) is 0. The third kappa shape index (κ3) is 3.57. The molecular weight excluding hydrogens is 420 g/mol. The Kier molecular flexibility index (Phi) is 5.30. The van der Waals surface area contributed by atoms with Crippen LogP contribution in [0.2, 0.25) is 5.02 Å². The maximum Gasteiger partial charge on any atom is 0.264 e. The predicted octanol–water partition coefficient (Wildman–Crippen LogP) is 4.68. The van der Waals surface area contributed by atoms with Gasteiger partial charge in [-0.25, -0.2) is 8.42 Å². The number of anilines is 2. The van der Waals surface area contributed by atoms with Gasteiger partial charge in [-0.1, -0.05) is 47.5 Å². The molecule has 0 radical (unpaired) electrons. The number of amides is 1. The molecule has 0 saturated carbocycles. The van der Waals surface area contributed by atoms with Gasteiger partial charge in [0, 0.05) is 19.3 Å². The number of carbonyl (C=O) groups excluding carboxylic acids is 1. The van der Waals surface area contributed by atoms with Crippen LogP contribution in [0.25, 0.3) is 0 Å². The molecule has 154 valence electrons. The van der Waals surface area contributed by atoms with Crippen LogP contribution in [-0.2, 0) is 16.4 Å². The van der Waals surface area contributed by atoms with Crippen molar-refractivity contribution in [3.63, 3.8) is 0 Å². The molecule has 1 amide bonds. The highest BCUT2D eigenvalue weighted by atomic mass is 35.5. The van der Waals surface area contributed by atoms with Gasteiger partial charge in [0.25, 0.3) is 15.9 Å². The molecule has 1 aliphatic rings. The zero-order valence-corrected chi connectivity index (χ0v) is 18.2. The lowest BCUT2D eigenvalue weighted by atomic mass is 10.1. The highest BCUT2D eigenvalue weighted by Crippen LogP contribution is 2.32. The Morgan fingerprint density at radius 1 is 1.03 bits per heavy atom. The van der Waals surface area contributed by atoms with Crippen LogP contribution < -0.4 is 9.21 Å². The van der Waals surface area contributed by atoms with Crippen LogP contribution in [0.1, 0.15) is 21.5 Å². The first-order valence-corrected chi connectivity index (χ1v) is 11.4. The summed E-state index contributed by atoms with van der Waals surface area (Å²) in [5.41, 5.74) is 3.59. The lowest BCUT2D eigenvalue weighted by Gasteiger charge is -2.22. The topological polar surface area (TPSA) is 57.7 Å². The average Bonchev–Trinajstić information content (AvgIpc) is 3.17. The summed E-state index contributed by atoms with van der Waals surface area (Å²) in [6.07, 6.45) is 0.779. The molecule has 0 fully saturated rings. The largest absolute Gasteiger partial charge is 0.308 e. The molecule has 5 nitrogen and oxygen atoms in total. The van der Waals surface area contributed by atoms with E-state index in [1.807, 2.05) is 31.2 Å². The molecule has 0 unspecified atom stereocenters. The standard InChI is InChI=1S/C23H21ClN2O3S/c1-16-7-10-19(11-8-16)30(28,29)25(2)18-9-12-21(24)20(15-18)23(27)26-14-13-17-5-3-4-6-22(17)26/h3-12,15H,13-14H2,1-2H3. The van der Waals surface area contributed by atoms with Gasteiger partial charge in [-0.2, -0.15) is 0 Å². The summed E-state index contributed by atoms with van der Waals surface area (Å²) in [6, 6.07) is 19.1. The van der Waals surface area contributed by atoms with E-state index < -0.39 is 10.0 Å². The quantitative estimate of drug-likeness (QED) is 0.592. The van der Waals surface area contributed by atoms with E-state index in [0.29, 0.717) is 12.2 Å². The molecule has 0 saturated heterocycles. The van der Waals surface area contributed by atoms with Gasteiger partial charge in [-0.3, -0.25) is 9.10 Å². The molecule has 0 N–H and O–H groups in total. The fourth-order valence-electron chi connectivity index (χ4n) is 3.57. The zero-order valence-electron chi connectivity index (χ0n) is 16.7. The Hall–Kier alpha value is -2.83. The van der Waals surface area contributed by atoms with E-state index in [0.717, 1.165) is 23.2 Å². The summed E-state index contributed by atoms with van der Waals surface area (Å²) in [4.78, 5) is 15.1. The molecule has 0 aliphatic carbocycles. The molecule has 0 bridgehead atoms. The maximum absolute atomic E-state index is 13.2. The van der Waals surface area contributed by atoms with E-state index in [1.54, 1.807) is 41.3 Å². The van der Waals surface area contributed by atoms with Crippen molar-refractivity contribution >= 4 is 38.9 Å². The van der Waals surface area contributed by atoms with Crippen LogP contribution in [0.15, 0.2) is 71.6 Å². The SMILES string of the molecule is Cc1ccc(S(=O)(=O)N(C)c2ccc(Cl)c(C(=O)N3CCc4ccccc43)c2)cc1. The van der Waals surface area contributed by atoms with Gasteiger partial charge < -0.3 is 4.90 Å². The second kappa shape index (κ2) is 7.78. The normalized spacial score (nSPS) is 13.2. The molecule has 1 heterocycles. The smallest absolute Gasteiger partial charge is 0.264 e. The van der Waals surface area contributed by atoms with Crippen molar-refractivity contribution in [2.24, 2.45) is 0 Å². The number of fused-ring (bicyclic) bond motifs is 1. The molecule has 7 heteroatoms. The lowest BCUT2D eigenvalue weighted by Crippen LogP contribution is -2.30. The third-order valence-corrected chi connectivity index (χ3v) is 7.49. The maximum atomic E-state index is 13.2. The summed E-state index contributed by atoms with van der Waals surface area (Å²) in [5, 5.41) is 0.286. The zero-order chi connectivity index (χ0) is 21.5. The van der Waals surface area contributed by atoms with Crippen molar-refractivity contribution in [3.05, 3.63) is 88.4 Å². The highest BCUT2D eigenvalue weighted by molar-refractivity contribution is 7.92. The minimum atomic E-state index is -3.77. The summed E-state index contributed by atoms with van der Waals surface area (Å²) in [7, 11) is -2.30. The molecule has 0 atom stereocenters. The van der Waals surface area contributed by atoms with E-state index >= 15 is 0 Å². The fraction of sp³-hybridized carbons (Fsp3) is 0.174. The number of halogens is 1. The average molecular weight is 441 g/mol. The van der Waals surface area contributed by atoms with Crippen LogP contribution in [0.5, 0.6) is 0 Å². The first-order chi connectivity index (χ1) is 14.3. The number of benzene rings is 3. The predicted molar refractivity (Wildman–Crippen MR) is 120 cm³/mol. The minimum Gasteiger partial charge on any atom is -0.308 e. The van der Waals surface area contributed by atoms with E-state index in [1.165, 1.54) is 17.4 Å². The second-order valence-electron chi connectivity index (χ2n) is 7.29. The number of hydrogen-bond acceptors (Lipinski definition) is 3. The first kappa shape index (κ1) is 20.4. The van der Waals surface area contributed by atoms with Crippen LogP contribution in [0.3, 0.4) is 0 Å². The number of aryl methyl sites for hydroxylation is 1. The second-order valence-corrected chi connectivity index (χ2v) is 9.66. The summed E-state index contributed by atoms with van der Waals surface area (Å²) >= 11 is 6.33. The van der Waals surface area contributed by atoms with Crippen LogP contribution in [0, 0.1) is 6.92 Å². The molecule has 3 aromatic carbocycles. The van der Waals surface area contributed by atoms with Crippen LogP contribution in [0.4, 0.5) is 11.4 Å². The van der Waals surface area contributed by atoms with Gasteiger partial charge in [0.05, 0.1) is 21.2 Å². The third-order valence-electron chi connectivity index (χ3n) is 5.36. The molecule has 0 aromatic heterocycles. The number of nitrogens with zero attached hydrogens (tertiary/aromatic N) is 2. The van der Waals surface area contributed by atoms with Gasteiger partial charge in [-0.15, -0.1) is 0 Å². The Labute approximate surface area is 181 Å². The monoisotopic (exact) mass is 440 g/mol. The molecule has 4 rings (SSSR count). The number of carbonyl (C=O) groups is 1.